The maximum atomic E-state index is 12.8. The molecule has 3 rings (SSSR count). The standard InChI is InChI=1S/C23H30N4O2/c1-3-13-24-22(28)20-16-19(11-12-21(20)27-14-5-4-6-15-27)26-23(29)25-18-9-7-17(2)8-10-18/h7-12,16H,3-6,13-15H2,1-2H3,(H,24,28)(H2,25,26,29). The lowest BCUT2D eigenvalue weighted by molar-refractivity contribution is 0.0954. The number of hydrogen-bond acceptors (Lipinski definition) is 3. The van der Waals surface area contributed by atoms with Crippen LogP contribution < -0.4 is 20.9 Å². The molecule has 2 aromatic rings. The van der Waals surface area contributed by atoms with Crippen molar-refractivity contribution >= 4 is 29.0 Å². The topological polar surface area (TPSA) is 73.5 Å². The Kier molecular flexibility index (Phi) is 7.11. The third-order valence-electron chi connectivity index (χ3n) is 5.04. The van der Waals surface area contributed by atoms with Gasteiger partial charge in [-0.15, -0.1) is 0 Å². The highest BCUT2D eigenvalue weighted by Crippen LogP contribution is 2.27. The summed E-state index contributed by atoms with van der Waals surface area (Å²) < 4.78 is 0. The molecule has 1 aliphatic rings. The maximum absolute atomic E-state index is 12.8. The highest BCUT2D eigenvalue weighted by molar-refractivity contribution is 6.04. The second-order valence-corrected chi connectivity index (χ2v) is 7.48. The van der Waals surface area contributed by atoms with Crippen molar-refractivity contribution in [2.45, 2.75) is 39.5 Å². The van der Waals surface area contributed by atoms with Crippen molar-refractivity contribution in [2.75, 3.05) is 35.2 Å². The average Bonchev–Trinajstić information content (AvgIpc) is 2.74. The van der Waals surface area contributed by atoms with Gasteiger partial charge >= 0.3 is 6.03 Å². The van der Waals surface area contributed by atoms with Crippen molar-refractivity contribution in [2.24, 2.45) is 0 Å². The fourth-order valence-electron chi connectivity index (χ4n) is 3.47. The number of rotatable bonds is 6. The van der Waals surface area contributed by atoms with Gasteiger partial charge in [-0.25, -0.2) is 4.79 Å². The van der Waals surface area contributed by atoms with E-state index in [-0.39, 0.29) is 11.9 Å². The highest BCUT2D eigenvalue weighted by Gasteiger charge is 2.19. The summed E-state index contributed by atoms with van der Waals surface area (Å²) in [5, 5.41) is 8.62. The first-order valence-electron chi connectivity index (χ1n) is 10.4. The first-order valence-corrected chi connectivity index (χ1v) is 10.4. The van der Waals surface area contributed by atoms with E-state index < -0.39 is 0 Å². The Labute approximate surface area is 172 Å². The first-order chi connectivity index (χ1) is 14.1. The first kappa shape index (κ1) is 20.7. The Morgan fingerprint density at radius 3 is 2.28 bits per heavy atom. The zero-order chi connectivity index (χ0) is 20.6. The third kappa shape index (κ3) is 5.73. The van der Waals surface area contributed by atoms with Gasteiger partial charge in [0.15, 0.2) is 0 Å². The van der Waals surface area contributed by atoms with Gasteiger partial charge in [0.2, 0.25) is 0 Å². The molecule has 3 amide bonds. The molecule has 29 heavy (non-hydrogen) atoms. The van der Waals surface area contributed by atoms with E-state index in [4.69, 9.17) is 0 Å². The van der Waals surface area contributed by atoms with Gasteiger partial charge in [0.1, 0.15) is 0 Å². The quantitative estimate of drug-likeness (QED) is 0.661. The van der Waals surface area contributed by atoms with Crippen molar-refractivity contribution in [3.05, 3.63) is 53.6 Å². The fourth-order valence-corrected chi connectivity index (χ4v) is 3.47. The molecule has 1 fully saturated rings. The summed E-state index contributed by atoms with van der Waals surface area (Å²) in [6.45, 7) is 6.56. The number of amides is 3. The second kappa shape index (κ2) is 9.96. The number of urea groups is 1. The minimum absolute atomic E-state index is 0.102. The summed E-state index contributed by atoms with van der Waals surface area (Å²) in [5.41, 5.74) is 3.99. The van der Waals surface area contributed by atoms with Crippen LogP contribution in [0.5, 0.6) is 0 Å². The molecule has 0 aliphatic carbocycles. The SMILES string of the molecule is CCCNC(=O)c1cc(NC(=O)Nc2ccc(C)cc2)ccc1N1CCCCC1. The van der Waals surface area contributed by atoms with Crippen LogP contribution in [0.1, 0.15) is 48.5 Å². The molecule has 0 atom stereocenters. The summed E-state index contributed by atoms with van der Waals surface area (Å²) in [6.07, 6.45) is 4.37. The predicted molar refractivity (Wildman–Crippen MR) is 119 cm³/mol. The van der Waals surface area contributed by atoms with Crippen LogP contribution in [0.4, 0.5) is 21.9 Å². The molecule has 1 aliphatic heterocycles. The minimum atomic E-state index is -0.334. The molecule has 6 nitrogen and oxygen atoms in total. The number of piperidine rings is 1. The molecule has 0 saturated carbocycles. The second-order valence-electron chi connectivity index (χ2n) is 7.48. The van der Waals surface area contributed by atoms with Crippen molar-refractivity contribution in [1.29, 1.82) is 0 Å². The monoisotopic (exact) mass is 394 g/mol. The number of carbonyl (C=O) groups is 2. The van der Waals surface area contributed by atoms with E-state index in [1.54, 1.807) is 6.07 Å². The molecule has 2 aromatic carbocycles. The number of anilines is 3. The Hall–Kier alpha value is -3.02. The van der Waals surface area contributed by atoms with Crippen LogP contribution in [0, 0.1) is 6.92 Å². The van der Waals surface area contributed by atoms with Gasteiger partial charge in [-0.05, 0) is 62.9 Å². The van der Waals surface area contributed by atoms with E-state index in [2.05, 4.69) is 20.9 Å². The zero-order valence-corrected chi connectivity index (χ0v) is 17.3. The lowest BCUT2D eigenvalue weighted by atomic mass is 10.1. The average molecular weight is 395 g/mol. The molecule has 0 spiro atoms. The van der Waals surface area contributed by atoms with Crippen LogP contribution >= 0.6 is 0 Å². The molecule has 0 aromatic heterocycles. The molecule has 1 heterocycles. The number of nitrogens with one attached hydrogen (secondary N) is 3. The molecule has 0 radical (unpaired) electrons. The van der Waals surface area contributed by atoms with Crippen LogP contribution in [0.3, 0.4) is 0 Å². The minimum Gasteiger partial charge on any atom is -0.371 e. The molecular formula is C23H30N4O2. The number of aryl methyl sites for hydroxylation is 1. The van der Waals surface area contributed by atoms with Crippen molar-refractivity contribution in [3.8, 4) is 0 Å². The number of nitrogens with zero attached hydrogens (tertiary/aromatic N) is 1. The van der Waals surface area contributed by atoms with Crippen LogP contribution in [0.25, 0.3) is 0 Å². The summed E-state index contributed by atoms with van der Waals surface area (Å²) in [4.78, 5) is 27.4. The fraction of sp³-hybridized carbons (Fsp3) is 0.391. The van der Waals surface area contributed by atoms with Crippen LogP contribution in [-0.4, -0.2) is 31.6 Å². The molecule has 0 bridgehead atoms. The van der Waals surface area contributed by atoms with E-state index in [0.29, 0.717) is 17.8 Å². The van der Waals surface area contributed by atoms with E-state index in [1.165, 1.54) is 6.42 Å². The number of hydrogen-bond donors (Lipinski definition) is 3. The highest BCUT2D eigenvalue weighted by atomic mass is 16.2. The molecule has 3 N–H and O–H groups in total. The van der Waals surface area contributed by atoms with Crippen molar-refractivity contribution in [1.82, 2.24) is 5.32 Å². The molecule has 1 saturated heterocycles. The molecule has 154 valence electrons. The number of benzene rings is 2. The van der Waals surface area contributed by atoms with E-state index in [9.17, 15) is 9.59 Å². The Balaban J connectivity index is 1.76. The van der Waals surface area contributed by atoms with Crippen LogP contribution in [0.15, 0.2) is 42.5 Å². The number of carbonyl (C=O) groups excluding carboxylic acids is 2. The van der Waals surface area contributed by atoms with Crippen LogP contribution in [0.2, 0.25) is 0 Å². The lowest BCUT2D eigenvalue weighted by Gasteiger charge is -2.30. The van der Waals surface area contributed by atoms with E-state index in [0.717, 1.165) is 49.3 Å². The van der Waals surface area contributed by atoms with Gasteiger partial charge < -0.3 is 20.9 Å². The van der Waals surface area contributed by atoms with E-state index >= 15 is 0 Å². The van der Waals surface area contributed by atoms with Crippen LogP contribution in [-0.2, 0) is 0 Å². The predicted octanol–water partition coefficient (Wildman–Crippen LogP) is 4.77. The van der Waals surface area contributed by atoms with Gasteiger partial charge in [0.25, 0.3) is 5.91 Å². The molecule has 0 unspecified atom stereocenters. The maximum Gasteiger partial charge on any atom is 0.323 e. The lowest BCUT2D eigenvalue weighted by Crippen LogP contribution is -2.33. The van der Waals surface area contributed by atoms with Crippen molar-refractivity contribution in [3.63, 3.8) is 0 Å². The Morgan fingerprint density at radius 2 is 1.59 bits per heavy atom. The summed E-state index contributed by atoms with van der Waals surface area (Å²) >= 11 is 0. The van der Waals surface area contributed by atoms with Gasteiger partial charge in [-0.1, -0.05) is 24.6 Å². The Bertz CT molecular complexity index is 842. The molecular weight excluding hydrogens is 364 g/mol. The summed E-state index contributed by atoms with van der Waals surface area (Å²) in [5.74, 6) is -0.102. The zero-order valence-electron chi connectivity index (χ0n) is 17.3. The molecule has 6 heteroatoms. The summed E-state index contributed by atoms with van der Waals surface area (Å²) in [7, 11) is 0. The normalized spacial score (nSPS) is 13.7. The summed E-state index contributed by atoms with van der Waals surface area (Å²) in [6, 6.07) is 12.8. The van der Waals surface area contributed by atoms with E-state index in [1.807, 2.05) is 50.2 Å². The van der Waals surface area contributed by atoms with Gasteiger partial charge in [0.05, 0.1) is 5.56 Å². The third-order valence-corrected chi connectivity index (χ3v) is 5.04. The Morgan fingerprint density at radius 1 is 0.931 bits per heavy atom. The smallest absolute Gasteiger partial charge is 0.323 e. The largest absolute Gasteiger partial charge is 0.371 e. The van der Waals surface area contributed by atoms with Gasteiger partial charge in [0, 0.05) is 36.7 Å². The van der Waals surface area contributed by atoms with Crippen molar-refractivity contribution < 1.29 is 9.59 Å². The van der Waals surface area contributed by atoms with Gasteiger partial charge in [-0.2, -0.15) is 0 Å². The van der Waals surface area contributed by atoms with Gasteiger partial charge in [-0.3, -0.25) is 4.79 Å².